The summed E-state index contributed by atoms with van der Waals surface area (Å²) in [6, 6.07) is -0.918. The molecule has 0 spiro atoms. The molecule has 0 aromatic rings. The second-order valence-electron chi connectivity index (χ2n) is 21.3. The van der Waals surface area contributed by atoms with Crippen molar-refractivity contribution in [2.24, 2.45) is 0 Å². The van der Waals surface area contributed by atoms with E-state index < -0.39 is 26.6 Å². The van der Waals surface area contributed by atoms with Crippen molar-refractivity contribution >= 4 is 13.7 Å². The van der Waals surface area contributed by atoms with Gasteiger partial charge in [0.15, 0.2) is 0 Å². The van der Waals surface area contributed by atoms with Crippen LogP contribution in [-0.2, 0) is 18.4 Å². The van der Waals surface area contributed by atoms with Crippen molar-refractivity contribution in [3.8, 4) is 0 Å². The molecule has 1 amide bonds. The molecule has 0 saturated carbocycles. The van der Waals surface area contributed by atoms with Crippen molar-refractivity contribution in [3.63, 3.8) is 0 Å². The van der Waals surface area contributed by atoms with Crippen LogP contribution in [0.2, 0.25) is 0 Å². The molecule has 0 aliphatic heterocycles. The van der Waals surface area contributed by atoms with E-state index in [9.17, 15) is 19.4 Å². The average Bonchev–Trinajstić information content (AvgIpc) is 3.36. The van der Waals surface area contributed by atoms with Gasteiger partial charge in [-0.1, -0.05) is 252 Å². The van der Waals surface area contributed by atoms with Crippen LogP contribution in [0.1, 0.15) is 245 Å². The SMILES string of the molecule is CC/C=C\C/C=C\C/C=C\C/C=C\C/C=C\C/C=C\CCCCCCCCCCCCCCC(=O)NC(COP(=O)([O-])OCC[N+](C)(C)C)C(O)/C=C/CC/C=C/CC/C=C/CCCCCCCCCCCCC. The Morgan fingerprint density at radius 3 is 1.26 bits per heavy atom. The standard InChI is InChI=1S/C65H115N2O6P/c1-6-8-10-12-14-16-18-20-22-24-26-28-29-30-31-32-33-34-35-36-37-39-41-43-45-47-49-51-53-55-57-59-65(69)66-63(62-73-74(70,71)72-61-60-67(3,4)5)64(68)58-56-54-52-50-48-46-44-42-40-38-27-25-23-21-19-17-15-13-11-9-7-2/h8,10,14,16,20,22,26,28,30-31,33-34,40,42,48,50,56,58,63-64,68H,6-7,9,11-13,15,17-19,21,23-25,27,29,32,35-39,41,43-47,49,51-55,57,59-62H2,1-5H3,(H-,66,69,70,71)/b10-8-,16-14-,22-20-,28-26-,31-30-,34-33-,42-40+,50-48+,58-56+. The Hall–Kier alpha value is -2.84. The van der Waals surface area contributed by atoms with E-state index in [4.69, 9.17) is 9.05 Å². The Bertz CT molecular complexity index is 1570. The van der Waals surface area contributed by atoms with Crippen LogP contribution in [0, 0.1) is 0 Å². The molecule has 8 nitrogen and oxygen atoms in total. The number of carbonyl (C=O) groups is 1. The molecule has 0 heterocycles. The molecule has 0 aromatic heterocycles. The topological polar surface area (TPSA) is 108 Å². The number of hydrogen-bond donors (Lipinski definition) is 2. The second kappa shape index (κ2) is 54.9. The van der Waals surface area contributed by atoms with Crippen molar-refractivity contribution in [1.82, 2.24) is 5.32 Å². The van der Waals surface area contributed by atoms with Gasteiger partial charge in [0.05, 0.1) is 39.9 Å². The summed E-state index contributed by atoms with van der Waals surface area (Å²) in [6.07, 6.45) is 80.3. The van der Waals surface area contributed by atoms with E-state index in [-0.39, 0.29) is 12.5 Å². The Morgan fingerprint density at radius 2 is 0.838 bits per heavy atom. The summed E-state index contributed by atoms with van der Waals surface area (Å²) < 4.78 is 23.3. The van der Waals surface area contributed by atoms with Gasteiger partial charge < -0.3 is 28.8 Å². The molecule has 2 N–H and O–H groups in total. The van der Waals surface area contributed by atoms with E-state index in [1.807, 2.05) is 27.2 Å². The van der Waals surface area contributed by atoms with Gasteiger partial charge in [0.2, 0.25) is 5.91 Å². The maximum atomic E-state index is 13.0. The monoisotopic (exact) mass is 1050 g/mol. The van der Waals surface area contributed by atoms with E-state index in [0.717, 1.165) is 83.5 Å². The quantitative estimate of drug-likeness (QED) is 0.0272. The molecule has 0 aliphatic carbocycles. The minimum atomic E-state index is -4.62. The fourth-order valence-electron chi connectivity index (χ4n) is 8.25. The van der Waals surface area contributed by atoms with Crippen LogP contribution in [0.3, 0.4) is 0 Å². The normalized spacial score (nSPS) is 14.6. The third-order valence-corrected chi connectivity index (χ3v) is 13.9. The number of hydrogen-bond acceptors (Lipinski definition) is 6. The van der Waals surface area contributed by atoms with Crippen molar-refractivity contribution in [2.45, 2.75) is 257 Å². The number of aliphatic hydroxyl groups excluding tert-OH is 1. The van der Waals surface area contributed by atoms with Crippen molar-refractivity contribution in [3.05, 3.63) is 109 Å². The third kappa shape index (κ3) is 56.9. The summed E-state index contributed by atoms with van der Waals surface area (Å²) in [4.78, 5) is 25.5. The molecule has 0 saturated heterocycles. The van der Waals surface area contributed by atoms with Gasteiger partial charge >= 0.3 is 0 Å². The molecule has 0 aromatic carbocycles. The molecule has 9 heteroatoms. The fraction of sp³-hybridized carbons (Fsp3) is 0.708. The van der Waals surface area contributed by atoms with Crippen LogP contribution in [0.15, 0.2) is 109 Å². The predicted octanol–water partition coefficient (Wildman–Crippen LogP) is 18.1. The van der Waals surface area contributed by atoms with Gasteiger partial charge in [-0.15, -0.1) is 0 Å². The lowest BCUT2D eigenvalue weighted by atomic mass is 10.0. The highest BCUT2D eigenvalue weighted by Crippen LogP contribution is 2.38. The minimum absolute atomic E-state index is 0.0140. The number of nitrogens with zero attached hydrogens (tertiary/aromatic N) is 1. The molecule has 0 bridgehead atoms. The zero-order valence-electron chi connectivity index (χ0n) is 48.5. The van der Waals surface area contributed by atoms with Crippen LogP contribution in [0.5, 0.6) is 0 Å². The highest BCUT2D eigenvalue weighted by Gasteiger charge is 2.23. The molecule has 0 radical (unpaired) electrons. The van der Waals surface area contributed by atoms with Crippen molar-refractivity contribution in [1.29, 1.82) is 0 Å². The Kier molecular flexibility index (Phi) is 52.8. The number of allylic oxidation sites excluding steroid dienone is 17. The lowest BCUT2D eigenvalue weighted by molar-refractivity contribution is -0.870. The number of amides is 1. The molecule has 3 atom stereocenters. The largest absolute Gasteiger partial charge is 0.756 e. The van der Waals surface area contributed by atoms with Crippen LogP contribution >= 0.6 is 7.82 Å². The Labute approximate surface area is 457 Å². The van der Waals surface area contributed by atoms with Crippen LogP contribution in [0.4, 0.5) is 0 Å². The number of rotatable bonds is 54. The number of carbonyl (C=O) groups excluding carboxylic acids is 1. The van der Waals surface area contributed by atoms with Crippen molar-refractivity contribution < 1.29 is 32.9 Å². The predicted molar refractivity (Wildman–Crippen MR) is 320 cm³/mol. The molecule has 426 valence electrons. The maximum absolute atomic E-state index is 13.0. The lowest BCUT2D eigenvalue weighted by Gasteiger charge is -2.29. The lowest BCUT2D eigenvalue weighted by Crippen LogP contribution is -2.45. The molecular weight excluding hydrogens is 936 g/mol. The highest BCUT2D eigenvalue weighted by molar-refractivity contribution is 7.45. The van der Waals surface area contributed by atoms with Gasteiger partial charge in [-0.3, -0.25) is 9.36 Å². The number of quaternary nitrogens is 1. The van der Waals surface area contributed by atoms with Gasteiger partial charge in [0, 0.05) is 6.42 Å². The number of phosphoric acid groups is 1. The number of phosphoric ester groups is 1. The van der Waals surface area contributed by atoms with E-state index in [2.05, 4.69) is 116 Å². The first-order chi connectivity index (χ1) is 36.0. The van der Waals surface area contributed by atoms with Gasteiger partial charge in [0.25, 0.3) is 7.82 Å². The maximum Gasteiger partial charge on any atom is 0.268 e. The van der Waals surface area contributed by atoms with Gasteiger partial charge in [-0.2, -0.15) is 0 Å². The molecule has 0 rings (SSSR count). The zero-order valence-corrected chi connectivity index (χ0v) is 49.4. The van der Waals surface area contributed by atoms with E-state index in [1.54, 1.807) is 6.08 Å². The van der Waals surface area contributed by atoms with Crippen LogP contribution in [0.25, 0.3) is 0 Å². The van der Waals surface area contributed by atoms with E-state index >= 15 is 0 Å². The van der Waals surface area contributed by atoms with Crippen molar-refractivity contribution in [2.75, 3.05) is 40.9 Å². The first kappa shape index (κ1) is 71.2. The molecule has 0 fully saturated rings. The number of nitrogens with one attached hydrogen (secondary N) is 1. The zero-order chi connectivity index (χ0) is 54.2. The summed E-state index contributed by atoms with van der Waals surface area (Å²) in [7, 11) is 1.22. The first-order valence-corrected chi connectivity index (χ1v) is 31.7. The average molecular weight is 1050 g/mol. The Balaban J connectivity index is 4.24. The summed E-state index contributed by atoms with van der Waals surface area (Å²) in [5, 5.41) is 13.9. The van der Waals surface area contributed by atoms with Gasteiger partial charge in [-0.25, -0.2) is 0 Å². The summed E-state index contributed by atoms with van der Waals surface area (Å²) in [6.45, 7) is 4.51. The second-order valence-corrected chi connectivity index (χ2v) is 22.7. The van der Waals surface area contributed by atoms with E-state index in [0.29, 0.717) is 17.4 Å². The van der Waals surface area contributed by atoms with Crippen LogP contribution < -0.4 is 10.2 Å². The number of likely N-dealkylation sites (N-methyl/N-ethyl adjacent to an activating group) is 1. The van der Waals surface area contributed by atoms with Crippen LogP contribution in [-0.4, -0.2) is 68.5 Å². The molecule has 74 heavy (non-hydrogen) atoms. The summed E-state index contributed by atoms with van der Waals surface area (Å²) in [5.41, 5.74) is 0. The van der Waals surface area contributed by atoms with Gasteiger partial charge in [-0.05, 0) is 96.3 Å². The Morgan fingerprint density at radius 1 is 0.486 bits per heavy atom. The highest BCUT2D eigenvalue weighted by atomic mass is 31.2. The molecule has 0 aliphatic rings. The summed E-state index contributed by atoms with van der Waals surface area (Å²) >= 11 is 0. The number of unbranched alkanes of at least 4 members (excludes halogenated alkanes) is 25. The minimum Gasteiger partial charge on any atom is -0.756 e. The van der Waals surface area contributed by atoms with Gasteiger partial charge in [0.1, 0.15) is 13.2 Å². The molecule has 3 unspecified atom stereocenters. The fourth-order valence-corrected chi connectivity index (χ4v) is 8.97. The third-order valence-electron chi connectivity index (χ3n) is 12.9. The first-order valence-electron chi connectivity index (χ1n) is 30.2. The number of aliphatic hydroxyl groups is 1. The summed E-state index contributed by atoms with van der Waals surface area (Å²) in [5.74, 6) is -0.217. The van der Waals surface area contributed by atoms with E-state index in [1.165, 1.54) is 141 Å². The smallest absolute Gasteiger partial charge is 0.268 e. The molecular formula is C65H115N2O6P.